The minimum absolute atomic E-state index is 0.0203. The monoisotopic (exact) mass is 546 g/mol. The number of hydrogen-bond donors (Lipinski definition) is 0. The maximum Gasteiger partial charge on any atom is 0.493 e. The van der Waals surface area contributed by atoms with Gasteiger partial charge in [-0.25, -0.2) is 14.3 Å². The minimum Gasteiger partial charge on any atom is -0.378 e. The highest BCUT2D eigenvalue weighted by atomic mass is 19.4. The molecular weight excluding hydrogens is 525 g/mol. The lowest BCUT2D eigenvalue weighted by atomic mass is 10.1. The second-order valence-corrected chi connectivity index (χ2v) is 8.84. The summed E-state index contributed by atoms with van der Waals surface area (Å²) in [7, 11) is 3.50. The average Bonchev–Trinajstić information content (AvgIpc) is 3.40. The van der Waals surface area contributed by atoms with Gasteiger partial charge in [0.2, 0.25) is 0 Å². The van der Waals surface area contributed by atoms with Crippen LogP contribution in [0.25, 0.3) is 28.2 Å². The van der Waals surface area contributed by atoms with E-state index in [9.17, 15) is 22.8 Å². The van der Waals surface area contributed by atoms with Crippen molar-refractivity contribution in [2.75, 3.05) is 24.1 Å². The van der Waals surface area contributed by atoms with Gasteiger partial charge in [-0.3, -0.25) is 9.78 Å². The number of fused-ring (bicyclic) bond motifs is 1. The van der Waals surface area contributed by atoms with Crippen LogP contribution < -0.4 is 9.96 Å². The Balaban J connectivity index is 1.58. The highest BCUT2D eigenvalue weighted by molar-refractivity contribution is 6.06. The molecule has 202 valence electrons. The molecule has 12 heteroatoms. The van der Waals surface area contributed by atoms with E-state index in [1.54, 1.807) is 84.6 Å². The smallest absolute Gasteiger partial charge is 0.378 e. The van der Waals surface area contributed by atoms with Gasteiger partial charge in [-0.05, 0) is 48.5 Å². The largest absolute Gasteiger partial charge is 0.493 e. The van der Waals surface area contributed by atoms with Crippen molar-refractivity contribution in [3.63, 3.8) is 0 Å². The molecule has 40 heavy (non-hydrogen) atoms. The Bertz CT molecular complexity index is 1700. The van der Waals surface area contributed by atoms with Gasteiger partial charge in [0.15, 0.2) is 5.65 Å². The number of amides is 1. The number of pyridine rings is 1. The molecule has 0 fully saturated rings. The Labute approximate surface area is 226 Å². The van der Waals surface area contributed by atoms with E-state index in [2.05, 4.69) is 19.9 Å². The first-order chi connectivity index (χ1) is 19.1. The van der Waals surface area contributed by atoms with Gasteiger partial charge in [0, 0.05) is 61.1 Å². The zero-order chi connectivity index (χ0) is 28.4. The molecule has 3 aromatic heterocycles. The first-order valence-electron chi connectivity index (χ1n) is 11.9. The number of carbonyl (C=O) groups excluding carboxylic acids is 2. The standard InChI is InChI=1S/C28H21F3N6O3/c1-35(2)21-7-4-6-20(16-21)26(38)37(40-27(39)28(29,30)31)22-8-3-5-19(15-22)24-11-14-33-25-17-23(34-36(24)25)18-9-12-32-13-10-18/h3-17H,1-2H3. The molecular formula is C28H21F3N6O3. The molecule has 0 saturated carbocycles. The third kappa shape index (κ3) is 5.32. The summed E-state index contributed by atoms with van der Waals surface area (Å²) in [5.74, 6) is -3.49. The van der Waals surface area contributed by atoms with Crippen molar-refractivity contribution >= 4 is 28.9 Å². The van der Waals surface area contributed by atoms with Crippen molar-refractivity contribution in [2.45, 2.75) is 6.18 Å². The highest BCUT2D eigenvalue weighted by Gasteiger charge is 2.44. The van der Waals surface area contributed by atoms with Gasteiger partial charge in [-0.15, -0.1) is 5.06 Å². The van der Waals surface area contributed by atoms with E-state index < -0.39 is 18.1 Å². The predicted octanol–water partition coefficient (Wildman–Crippen LogP) is 5.19. The van der Waals surface area contributed by atoms with Crippen LogP contribution in [0.5, 0.6) is 0 Å². The van der Waals surface area contributed by atoms with Gasteiger partial charge < -0.3 is 9.74 Å². The van der Waals surface area contributed by atoms with E-state index >= 15 is 0 Å². The number of aromatic nitrogens is 4. The lowest BCUT2D eigenvalue weighted by Gasteiger charge is -2.23. The number of halogens is 3. The summed E-state index contributed by atoms with van der Waals surface area (Å²) in [6.45, 7) is 0. The Kier molecular flexibility index (Phi) is 6.91. The predicted molar refractivity (Wildman–Crippen MR) is 141 cm³/mol. The zero-order valence-corrected chi connectivity index (χ0v) is 21.2. The number of alkyl halides is 3. The zero-order valence-electron chi connectivity index (χ0n) is 21.2. The maximum atomic E-state index is 13.4. The number of rotatable bonds is 5. The fourth-order valence-corrected chi connectivity index (χ4v) is 3.95. The molecule has 1 amide bonds. The molecule has 0 saturated heterocycles. The van der Waals surface area contributed by atoms with Gasteiger partial charge in [0.05, 0.1) is 17.1 Å². The molecule has 0 aliphatic heterocycles. The second-order valence-electron chi connectivity index (χ2n) is 8.84. The van der Waals surface area contributed by atoms with Crippen LogP contribution in [0.15, 0.2) is 91.4 Å². The third-order valence-corrected chi connectivity index (χ3v) is 5.91. The summed E-state index contributed by atoms with van der Waals surface area (Å²) in [6, 6.07) is 19.3. The Morgan fingerprint density at radius 1 is 0.850 bits per heavy atom. The van der Waals surface area contributed by atoms with Crippen molar-refractivity contribution in [3.05, 3.63) is 97.0 Å². The quantitative estimate of drug-likeness (QED) is 0.280. The first kappa shape index (κ1) is 26.4. The van der Waals surface area contributed by atoms with E-state index in [4.69, 9.17) is 0 Å². The minimum atomic E-state index is -5.32. The molecule has 9 nitrogen and oxygen atoms in total. The summed E-state index contributed by atoms with van der Waals surface area (Å²) in [4.78, 5) is 40.0. The van der Waals surface area contributed by atoms with Crippen molar-refractivity contribution in [3.8, 4) is 22.5 Å². The van der Waals surface area contributed by atoms with Gasteiger partial charge in [-0.1, -0.05) is 18.2 Å². The molecule has 5 rings (SSSR count). The van der Waals surface area contributed by atoms with Crippen LogP contribution in [-0.2, 0) is 9.63 Å². The van der Waals surface area contributed by atoms with Crippen molar-refractivity contribution in [2.24, 2.45) is 0 Å². The van der Waals surface area contributed by atoms with E-state index in [0.717, 1.165) is 5.56 Å². The molecule has 0 aliphatic rings. The summed E-state index contributed by atoms with van der Waals surface area (Å²) < 4.78 is 41.1. The van der Waals surface area contributed by atoms with E-state index in [1.165, 1.54) is 30.3 Å². The van der Waals surface area contributed by atoms with Gasteiger partial charge in [0.1, 0.15) is 0 Å². The average molecular weight is 547 g/mol. The van der Waals surface area contributed by atoms with E-state index in [1.807, 2.05) is 0 Å². The molecule has 0 unspecified atom stereocenters. The number of nitrogens with zero attached hydrogens (tertiary/aromatic N) is 6. The maximum absolute atomic E-state index is 13.4. The van der Waals surface area contributed by atoms with Crippen LogP contribution >= 0.6 is 0 Å². The number of hydroxylamine groups is 1. The SMILES string of the molecule is CN(C)c1cccc(C(=O)N(OC(=O)C(F)(F)F)c2cccc(-c3ccnc4cc(-c5ccncc5)nn34)c2)c1. The van der Waals surface area contributed by atoms with Gasteiger partial charge in [-0.2, -0.15) is 18.3 Å². The van der Waals surface area contributed by atoms with E-state index in [0.29, 0.717) is 33.3 Å². The molecule has 0 radical (unpaired) electrons. The topological polar surface area (TPSA) is 92.9 Å². The molecule has 3 heterocycles. The van der Waals surface area contributed by atoms with Gasteiger partial charge >= 0.3 is 12.1 Å². The molecule has 0 aliphatic carbocycles. The fraction of sp³-hybridized carbons (Fsp3) is 0.107. The number of anilines is 2. The summed E-state index contributed by atoms with van der Waals surface area (Å²) >= 11 is 0. The number of benzene rings is 2. The van der Waals surface area contributed by atoms with Crippen LogP contribution in [0.2, 0.25) is 0 Å². The highest BCUT2D eigenvalue weighted by Crippen LogP contribution is 2.29. The van der Waals surface area contributed by atoms with Crippen molar-refractivity contribution in [1.29, 1.82) is 0 Å². The molecule has 0 spiro atoms. The molecule has 0 N–H and O–H groups in total. The lowest BCUT2D eigenvalue weighted by Crippen LogP contribution is -2.38. The molecule has 0 bridgehead atoms. The van der Waals surface area contributed by atoms with Crippen LogP contribution in [0.1, 0.15) is 10.4 Å². The van der Waals surface area contributed by atoms with Crippen LogP contribution in [0.4, 0.5) is 24.5 Å². The van der Waals surface area contributed by atoms with Crippen molar-refractivity contribution < 1.29 is 27.6 Å². The second kappa shape index (κ2) is 10.5. The number of hydrogen-bond acceptors (Lipinski definition) is 7. The Morgan fingerprint density at radius 2 is 1.57 bits per heavy atom. The third-order valence-electron chi connectivity index (χ3n) is 5.91. The molecule has 2 aromatic carbocycles. The van der Waals surface area contributed by atoms with Crippen molar-refractivity contribution in [1.82, 2.24) is 19.6 Å². The van der Waals surface area contributed by atoms with E-state index in [-0.39, 0.29) is 11.3 Å². The number of carbonyl (C=O) groups is 2. The Morgan fingerprint density at radius 3 is 2.30 bits per heavy atom. The van der Waals surface area contributed by atoms with Crippen LogP contribution in [-0.4, -0.2) is 51.7 Å². The Hall–Kier alpha value is -5.26. The summed E-state index contributed by atoms with van der Waals surface area (Å²) in [6.07, 6.45) is -0.482. The van der Waals surface area contributed by atoms with Crippen LogP contribution in [0.3, 0.4) is 0 Å². The van der Waals surface area contributed by atoms with Gasteiger partial charge in [0.25, 0.3) is 5.91 Å². The molecule has 0 atom stereocenters. The first-order valence-corrected chi connectivity index (χ1v) is 11.9. The summed E-state index contributed by atoms with van der Waals surface area (Å²) in [5.41, 5.74) is 3.55. The fourth-order valence-electron chi connectivity index (χ4n) is 3.95. The summed E-state index contributed by atoms with van der Waals surface area (Å²) in [5, 5.41) is 4.98. The van der Waals surface area contributed by atoms with Crippen LogP contribution in [0, 0.1) is 0 Å². The normalized spacial score (nSPS) is 11.3. The lowest BCUT2D eigenvalue weighted by molar-refractivity contribution is -0.199. The molecule has 5 aromatic rings.